The number of imide groups is 1. The van der Waals surface area contributed by atoms with Crippen molar-refractivity contribution in [3.05, 3.63) is 53.1 Å². The molecule has 150 valence electrons. The van der Waals surface area contributed by atoms with Gasteiger partial charge in [0, 0.05) is 12.1 Å². The number of carbonyl (C=O) groups excluding carboxylic acids is 3. The summed E-state index contributed by atoms with van der Waals surface area (Å²) >= 11 is 6.19. The summed E-state index contributed by atoms with van der Waals surface area (Å²) in [5, 5.41) is 5.54. The second-order valence-electron chi connectivity index (χ2n) is 6.84. The number of hydrogen-bond acceptors (Lipinski definition) is 5. The van der Waals surface area contributed by atoms with E-state index in [0.29, 0.717) is 36.0 Å². The van der Waals surface area contributed by atoms with E-state index in [1.807, 2.05) is 6.07 Å². The van der Waals surface area contributed by atoms with Gasteiger partial charge in [0.2, 0.25) is 5.91 Å². The largest absolute Gasteiger partial charge is 0.486 e. The number of nitrogens with one attached hydrogen (secondary N) is 2. The van der Waals surface area contributed by atoms with Crippen molar-refractivity contribution in [1.82, 2.24) is 10.2 Å². The van der Waals surface area contributed by atoms with Crippen molar-refractivity contribution in [2.75, 3.05) is 25.1 Å². The maximum absolute atomic E-state index is 12.9. The number of anilines is 1. The van der Waals surface area contributed by atoms with E-state index in [1.165, 1.54) is 0 Å². The van der Waals surface area contributed by atoms with Gasteiger partial charge in [-0.25, -0.2) is 4.79 Å². The molecule has 2 N–H and O–H groups in total. The molecule has 0 bridgehead atoms. The number of ether oxygens (including phenoxy) is 2. The average molecular weight is 416 g/mol. The zero-order valence-electron chi connectivity index (χ0n) is 15.5. The number of benzene rings is 2. The van der Waals surface area contributed by atoms with Gasteiger partial charge in [0.1, 0.15) is 25.3 Å². The van der Waals surface area contributed by atoms with Gasteiger partial charge in [0.05, 0.1) is 10.7 Å². The molecule has 4 amide bonds. The average Bonchev–Trinajstić information content (AvgIpc) is 2.93. The van der Waals surface area contributed by atoms with E-state index in [9.17, 15) is 14.4 Å². The predicted molar refractivity (Wildman–Crippen MR) is 105 cm³/mol. The maximum atomic E-state index is 12.9. The first kappa shape index (κ1) is 19.1. The van der Waals surface area contributed by atoms with Crippen LogP contribution in [0.5, 0.6) is 11.5 Å². The second-order valence-corrected chi connectivity index (χ2v) is 7.24. The Hall–Kier alpha value is -3.26. The Kier molecular flexibility index (Phi) is 4.79. The number of fused-ring (bicyclic) bond motifs is 1. The quantitative estimate of drug-likeness (QED) is 0.748. The molecule has 2 aromatic rings. The number of hydrogen-bond donors (Lipinski definition) is 2. The fourth-order valence-corrected chi connectivity index (χ4v) is 3.50. The van der Waals surface area contributed by atoms with Gasteiger partial charge in [-0.15, -0.1) is 0 Å². The van der Waals surface area contributed by atoms with E-state index in [4.69, 9.17) is 21.1 Å². The molecule has 1 unspecified atom stereocenters. The Bertz CT molecular complexity index is 997. The van der Waals surface area contributed by atoms with Crippen LogP contribution in [0.1, 0.15) is 12.5 Å². The van der Waals surface area contributed by atoms with E-state index in [2.05, 4.69) is 10.6 Å². The number of halogens is 1. The third-order valence-corrected chi connectivity index (χ3v) is 5.15. The smallest absolute Gasteiger partial charge is 0.325 e. The highest BCUT2D eigenvalue weighted by molar-refractivity contribution is 6.34. The van der Waals surface area contributed by atoms with Crippen LogP contribution < -0.4 is 20.1 Å². The van der Waals surface area contributed by atoms with Crippen LogP contribution in [0, 0.1) is 0 Å². The summed E-state index contributed by atoms with van der Waals surface area (Å²) in [7, 11) is 0. The highest BCUT2D eigenvalue weighted by Crippen LogP contribution is 2.38. The summed E-state index contributed by atoms with van der Waals surface area (Å²) in [6.45, 7) is 1.97. The number of nitrogens with zero attached hydrogens (tertiary/aromatic N) is 1. The Morgan fingerprint density at radius 1 is 1.17 bits per heavy atom. The second kappa shape index (κ2) is 7.29. The molecular formula is C20H18ClN3O5. The lowest BCUT2D eigenvalue weighted by Gasteiger charge is -2.22. The lowest BCUT2D eigenvalue weighted by molar-refractivity contribution is -0.133. The van der Waals surface area contributed by atoms with Crippen molar-refractivity contribution in [3.8, 4) is 11.5 Å². The third kappa shape index (κ3) is 3.47. The monoisotopic (exact) mass is 415 g/mol. The normalized spacial score (nSPS) is 20.4. The van der Waals surface area contributed by atoms with Crippen molar-refractivity contribution in [3.63, 3.8) is 0 Å². The summed E-state index contributed by atoms with van der Waals surface area (Å²) < 4.78 is 10.9. The first-order valence-electron chi connectivity index (χ1n) is 8.97. The summed E-state index contributed by atoms with van der Waals surface area (Å²) in [4.78, 5) is 38.7. The Morgan fingerprint density at radius 3 is 2.52 bits per heavy atom. The van der Waals surface area contributed by atoms with Crippen LogP contribution in [0.4, 0.5) is 10.5 Å². The Morgan fingerprint density at radius 2 is 1.83 bits per heavy atom. The van der Waals surface area contributed by atoms with Crippen LogP contribution >= 0.6 is 11.6 Å². The van der Waals surface area contributed by atoms with Crippen molar-refractivity contribution in [2.45, 2.75) is 12.5 Å². The van der Waals surface area contributed by atoms with Crippen LogP contribution in [0.2, 0.25) is 5.02 Å². The zero-order chi connectivity index (χ0) is 20.6. The molecule has 1 fully saturated rings. The van der Waals surface area contributed by atoms with E-state index in [1.54, 1.807) is 43.3 Å². The lowest BCUT2D eigenvalue weighted by atomic mass is 9.92. The Balaban J connectivity index is 1.49. The standard InChI is InChI=1S/C20H18ClN3O5/c1-20(12-5-3-2-4-6-12)18(26)24(19(27)23-20)11-17(25)22-14-10-16-15(9-13(14)21)28-7-8-29-16/h2-6,9-10H,7-8,11H2,1H3,(H,22,25)(H,23,27). The molecule has 0 radical (unpaired) electrons. The number of rotatable bonds is 4. The third-order valence-electron chi connectivity index (χ3n) is 4.83. The minimum absolute atomic E-state index is 0.258. The van der Waals surface area contributed by atoms with E-state index < -0.39 is 29.9 Å². The highest BCUT2D eigenvalue weighted by atomic mass is 35.5. The van der Waals surface area contributed by atoms with Crippen LogP contribution in [-0.4, -0.2) is 42.5 Å². The molecule has 4 rings (SSSR count). The summed E-state index contributed by atoms with van der Waals surface area (Å²) in [6, 6.07) is 11.3. The summed E-state index contributed by atoms with van der Waals surface area (Å²) in [5.41, 5.74) is -0.289. The summed E-state index contributed by atoms with van der Waals surface area (Å²) in [6.07, 6.45) is 0. The molecule has 8 nitrogen and oxygen atoms in total. The Labute approximate surface area is 171 Å². The molecule has 9 heteroatoms. The molecule has 0 spiro atoms. The van der Waals surface area contributed by atoms with Crippen molar-refractivity contribution >= 4 is 35.1 Å². The van der Waals surface area contributed by atoms with Crippen LogP contribution in [0.15, 0.2) is 42.5 Å². The molecule has 0 aliphatic carbocycles. The topological polar surface area (TPSA) is 97.0 Å². The van der Waals surface area contributed by atoms with Crippen molar-refractivity contribution in [1.29, 1.82) is 0 Å². The molecule has 2 heterocycles. The fourth-order valence-electron chi connectivity index (χ4n) is 3.30. The molecule has 1 atom stereocenters. The van der Waals surface area contributed by atoms with Crippen LogP contribution in [-0.2, 0) is 15.1 Å². The zero-order valence-corrected chi connectivity index (χ0v) is 16.3. The summed E-state index contributed by atoms with van der Waals surface area (Å²) in [5.74, 6) is -0.115. The fraction of sp³-hybridized carbons (Fsp3) is 0.250. The van der Waals surface area contributed by atoms with Gasteiger partial charge in [-0.05, 0) is 12.5 Å². The molecule has 2 aromatic carbocycles. The number of amides is 4. The van der Waals surface area contributed by atoms with Gasteiger partial charge in [-0.1, -0.05) is 41.9 Å². The molecule has 1 saturated heterocycles. The van der Waals surface area contributed by atoms with E-state index in [0.717, 1.165) is 4.90 Å². The van der Waals surface area contributed by atoms with Gasteiger partial charge >= 0.3 is 6.03 Å². The van der Waals surface area contributed by atoms with Gasteiger partial charge in [0.25, 0.3) is 5.91 Å². The molecular weight excluding hydrogens is 398 g/mol. The molecule has 0 aromatic heterocycles. The highest BCUT2D eigenvalue weighted by Gasteiger charge is 2.49. The van der Waals surface area contributed by atoms with Gasteiger partial charge in [-0.2, -0.15) is 0 Å². The van der Waals surface area contributed by atoms with Gasteiger partial charge < -0.3 is 20.1 Å². The number of carbonyl (C=O) groups is 3. The molecule has 29 heavy (non-hydrogen) atoms. The predicted octanol–water partition coefficient (Wildman–Crippen LogP) is 2.52. The lowest BCUT2D eigenvalue weighted by Crippen LogP contribution is -2.42. The minimum atomic E-state index is -1.23. The first-order chi connectivity index (χ1) is 13.9. The minimum Gasteiger partial charge on any atom is -0.486 e. The van der Waals surface area contributed by atoms with Gasteiger partial charge in [0.15, 0.2) is 11.5 Å². The SMILES string of the molecule is CC1(c2ccccc2)NC(=O)N(CC(=O)Nc2cc3c(cc2Cl)OCCO3)C1=O. The van der Waals surface area contributed by atoms with Crippen LogP contribution in [0.3, 0.4) is 0 Å². The number of urea groups is 1. The molecule has 2 aliphatic rings. The van der Waals surface area contributed by atoms with E-state index in [-0.39, 0.29) is 5.02 Å². The first-order valence-corrected chi connectivity index (χ1v) is 9.35. The van der Waals surface area contributed by atoms with E-state index >= 15 is 0 Å². The van der Waals surface area contributed by atoms with Crippen molar-refractivity contribution < 1.29 is 23.9 Å². The molecule has 2 aliphatic heterocycles. The molecule has 0 saturated carbocycles. The maximum Gasteiger partial charge on any atom is 0.325 e. The van der Waals surface area contributed by atoms with Crippen molar-refractivity contribution in [2.24, 2.45) is 0 Å². The van der Waals surface area contributed by atoms with Crippen LogP contribution in [0.25, 0.3) is 0 Å². The van der Waals surface area contributed by atoms with Gasteiger partial charge in [-0.3, -0.25) is 14.5 Å².